The molecular weight excluding hydrogens is 1030 g/mol. The van der Waals surface area contributed by atoms with Gasteiger partial charge >= 0.3 is 0 Å². The van der Waals surface area contributed by atoms with Crippen molar-refractivity contribution >= 4 is 66.5 Å². The van der Waals surface area contributed by atoms with Crippen LogP contribution in [0.3, 0.4) is 0 Å². The number of hydrogen-bond donors (Lipinski definition) is 0. The van der Waals surface area contributed by atoms with Crippen molar-refractivity contribution in [1.82, 2.24) is 0 Å². The number of allylic oxidation sites excluding steroid dienone is 8. The third-order valence-electron chi connectivity index (χ3n) is 17.6. The van der Waals surface area contributed by atoms with E-state index in [4.69, 9.17) is 0 Å². The molecule has 0 fully saturated rings. The van der Waals surface area contributed by atoms with E-state index < -0.39 is 0 Å². The topological polar surface area (TPSA) is 12.5 Å². The van der Waals surface area contributed by atoms with E-state index in [1.807, 2.05) is 0 Å². The number of anilines is 2. The lowest BCUT2D eigenvalue weighted by molar-refractivity contribution is -0.401. The highest BCUT2D eigenvalue weighted by molar-refractivity contribution is 6.09. The molecule has 0 N–H and O–H groups in total. The Morgan fingerprint density at radius 1 is 0.419 bits per heavy atom. The minimum atomic E-state index is -0.267. The van der Waals surface area contributed by atoms with Gasteiger partial charge in [0.2, 0.25) is 11.4 Å². The first-order valence-electron chi connectivity index (χ1n) is 25.8. The maximum atomic E-state index is 2.46. The van der Waals surface area contributed by atoms with Gasteiger partial charge in [0.05, 0.1) is 10.8 Å². The number of halogens is 2. The number of benzene rings is 8. The zero-order valence-corrected chi connectivity index (χ0v) is 47.6. The monoisotopic (exact) mass is 1100 g/mol. The molecule has 0 radical (unpaired) electrons. The van der Waals surface area contributed by atoms with E-state index in [0.717, 1.165) is 12.8 Å². The molecule has 2 unspecified atom stereocenters. The molecule has 0 bridgehead atoms. The van der Waals surface area contributed by atoms with E-state index in [9.17, 15) is 0 Å². The largest absolute Gasteiger partial charge is 1.00 e. The molecular formula is C68H66Br2N4. The van der Waals surface area contributed by atoms with Crippen molar-refractivity contribution in [1.29, 1.82) is 0 Å². The number of fused-ring (bicyclic) bond motifs is 9. The van der Waals surface area contributed by atoms with E-state index >= 15 is 0 Å². The van der Waals surface area contributed by atoms with Crippen LogP contribution >= 0.6 is 0 Å². The van der Waals surface area contributed by atoms with Gasteiger partial charge in [-0.25, -0.2) is 0 Å². The van der Waals surface area contributed by atoms with Crippen molar-refractivity contribution in [2.24, 2.45) is 0 Å². The summed E-state index contributed by atoms with van der Waals surface area (Å²) in [5, 5.41) is 7.91. The molecule has 6 heteroatoms. The highest BCUT2D eigenvalue weighted by Gasteiger charge is 2.47. The van der Waals surface area contributed by atoms with Crippen molar-refractivity contribution in [2.75, 3.05) is 38.0 Å². The first-order chi connectivity index (χ1) is 34.6. The normalized spacial score (nSPS) is 21.4. The molecule has 0 saturated heterocycles. The van der Waals surface area contributed by atoms with Gasteiger partial charge < -0.3 is 43.8 Å². The zero-order valence-electron chi connectivity index (χ0n) is 44.4. The second-order valence-electron chi connectivity index (χ2n) is 22.4. The van der Waals surface area contributed by atoms with Gasteiger partial charge in [-0.2, -0.15) is 9.15 Å². The SMILES string of the molecule is CN1C(=CC=CC2=[N+](C)c3ccc4ccccc4c3C2(C)C)C(C)(Cc2cccc3c(CC4(C)C(=CC=CC5=[N+](C)c6ccc7ccccc7c6C5(C)C)N(C)c5ccccc54)cccc23)c2ccccc21.[Br-].[Br-]. The van der Waals surface area contributed by atoms with Crippen LogP contribution in [0, 0.1) is 0 Å². The highest BCUT2D eigenvalue weighted by Crippen LogP contribution is 2.52. The van der Waals surface area contributed by atoms with E-state index in [1.165, 1.54) is 111 Å². The molecule has 8 aromatic carbocycles. The van der Waals surface area contributed by atoms with Crippen molar-refractivity contribution < 1.29 is 43.1 Å². The Morgan fingerprint density at radius 2 is 0.784 bits per heavy atom. The molecule has 4 aliphatic heterocycles. The van der Waals surface area contributed by atoms with Crippen LogP contribution in [0.4, 0.5) is 22.7 Å². The molecule has 4 heterocycles. The fraction of sp³-hybridized carbons (Fsp3) is 0.235. The molecule has 2 atom stereocenters. The van der Waals surface area contributed by atoms with Gasteiger partial charge in [-0.3, -0.25) is 0 Å². The van der Waals surface area contributed by atoms with Crippen LogP contribution in [-0.4, -0.2) is 48.8 Å². The first kappa shape index (κ1) is 50.9. The van der Waals surface area contributed by atoms with Crippen molar-refractivity contribution in [3.05, 3.63) is 239 Å². The van der Waals surface area contributed by atoms with Crippen LogP contribution < -0.4 is 43.8 Å². The third kappa shape index (κ3) is 7.56. The molecule has 4 aliphatic rings. The molecule has 0 amide bonds. The summed E-state index contributed by atoms with van der Waals surface area (Å²) in [7, 11) is 8.94. The predicted molar refractivity (Wildman–Crippen MR) is 306 cm³/mol. The quantitative estimate of drug-likeness (QED) is 0.141. The summed E-state index contributed by atoms with van der Waals surface area (Å²) in [5.41, 5.74) is 17.8. The lowest BCUT2D eigenvalue weighted by Crippen LogP contribution is -3.00. The second-order valence-corrected chi connectivity index (χ2v) is 22.4. The summed E-state index contributed by atoms with van der Waals surface area (Å²) < 4.78 is 4.79. The maximum Gasteiger partial charge on any atom is 0.210 e. The Hall–Kier alpha value is -6.60. The summed E-state index contributed by atoms with van der Waals surface area (Å²) in [6.45, 7) is 14.4. The highest BCUT2D eigenvalue weighted by atomic mass is 79.9. The van der Waals surface area contributed by atoms with Crippen LogP contribution in [0.15, 0.2) is 206 Å². The third-order valence-corrected chi connectivity index (χ3v) is 17.6. The van der Waals surface area contributed by atoms with Gasteiger partial charge in [0.15, 0.2) is 11.4 Å². The van der Waals surface area contributed by atoms with Gasteiger partial charge in [0, 0.05) is 83.1 Å². The number of hydrogen-bond acceptors (Lipinski definition) is 2. The molecule has 8 aromatic rings. The number of nitrogens with zero attached hydrogens (tertiary/aromatic N) is 4. The van der Waals surface area contributed by atoms with E-state index in [-0.39, 0.29) is 55.6 Å². The Kier molecular flexibility index (Phi) is 12.8. The van der Waals surface area contributed by atoms with Crippen molar-refractivity contribution in [2.45, 2.75) is 76.0 Å². The summed E-state index contributed by atoms with van der Waals surface area (Å²) in [5.74, 6) is 0. The van der Waals surface area contributed by atoms with E-state index in [2.05, 4.69) is 283 Å². The molecule has 372 valence electrons. The smallest absolute Gasteiger partial charge is 0.210 e. The minimum absolute atomic E-state index is 0. The minimum Gasteiger partial charge on any atom is -1.00 e. The Labute approximate surface area is 459 Å². The van der Waals surface area contributed by atoms with Gasteiger partial charge in [0.25, 0.3) is 0 Å². The maximum absolute atomic E-state index is 2.46. The molecule has 0 aromatic heterocycles. The molecule has 12 rings (SSSR count). The van der Waals surface area contributed by atoms with Crippen molar-refractivity contribution in [3.63, 3.8) is 0 Å². The van der Waals surface area contributed by atoms with E-state index in [0.29, 0.717) is 0 Å². The van der Waals surface area contributed by atoms with Gasteiger partial charge in [-0.1, -0.05) is 133 Å². The zero-order chi connectivity index (χ0) is 49.9. The van der Waals surface area contributed by atoms with Crippen LogP contribution in [0.2, 0.25) is 0 Å². The Bertz CT molecular complexity index is 3560. The van der Waals surface area contributed by atoms with Crippen LogP contribution in [0.1, 0.15) is 74.9 Å². The van der Waals surface area contributed by atoms with Gasteiger partial charge in [0.1, 0.15) is 14.1 Å². The summed E-state index contributed by atoms with van der Waals surface area (Å²) in [4.78, 5) is 4.85. The average molecular weight is 1100 g/mol. The fourth-order valence-electron chi connectivity index (χ4n) is 14.1. The van der Waals surface area contributed by atoms with Crippen LogP contribution in [0.5, 0.6) is 0 Å². The molecule has 74 heavy (non-hydrogen) atoms. The fourth-order valence-corrected chi connectivity index (χ4v) is 14.1. The molecule has 0 spiro atoms. The standard InChI is InChI=1S/C68H66N4.2BrH/c1-65(2)59(71(9)57-41-39-45-23-11-13-27-51(45)63(57)65)35-21-37-61-67(5,53-31-15-17-33-55(53)69(61)7)43-47-25-19-30-50-48(26-20-29-49(47)50)44-68(6)54-32-16-18-34-56(54)70(8)62(68)38-22-36-60-66(3,4)64-52-28-14-12-24-46(52)40-42-58(64)72(60)10;;/h11-42H,43-44H2,1-10H3;2*1H/q+2;;/p-2. The first-order valence-corrected chi connectivity index (χ1v) is 25.8. The lowest BCUT2D eigenvalue weighted by Gasteiger charge is -2.31. The Balaban J connectivity index is 0.00000313. The predicted octanol–water partition coefficient (Wildman–Crippen LogP) is 9.35. The second kappa shape index (κ2) is 18.7. The Morgan fingerprint density at radius 3 is 1.20 bits per heavy atom. The number of rotatable bonds is 8. The van der Waals surface area contributed by atoms with Crippen molar-refractivity contribution in [3.8, 4) is 0 Å². The summed E-state index contributed by atoms with van der Waals surface area (Å²) >= 11 is 0. The number of likely N-dealkylation sites (N-methyl/N-ethyl adjacent to an activating group) is 2. The summed E-state index contributed by atoms with van der Waals surface area (Å²) in [6, 6.07) is 58.8. The van der Waals surface area contributed by atoms with Gasteiger partial charge in [-0.05, 0) is 145 Å². The van der Waals surface area contributed by atoms with Crippen LogP contribution in [-0.2, 0) is 34.5 Å². The molecule has 0 aliphatic carbocycles. The van der Waals surface area contributed by atoms with Gasteiger partial charge in [-0.15, -0.1) is 0 Å². The number of para-hydroxylation sites is 2. The molecule has 0 saturated carbocycles. The molecule has 4 nitrogen and oxygen atoms in total. The lowest BCUT2D eigenvalue weighted by atomic mass is 9.74. The summed E-state index contributed by atoms with van der Waals surface area (Å²) in [6.07, 6.45) is 15.8. The van der Waals surface area contributed by atoms with E-state index in [1.54, 1.807) is 0 Å². The van der Waals surface area contributed by atoms with Crippen LogP contribution in [0.25, 0.3) is 32.3 Å². The average Bonchev–Trinajstić information content (AvgIpc) is 3.90.